The number of nitrogens with zero attached hydrogens (tertiary/aromatic N) is 3. The van der Waals surface area contributed by atoms with E-state index in [9.17, 15) is 8.42 Å². The number of nitrogens with one attached hydrogen (secondary N) is 1. The molecule has 1 aromatic carbocycles. The highest BCUT2D eigenvalue weighted by atomic mass is 35.5. The third-order valence-corrected chi connectivity index (χ3v) is 2.86. The van der Waals surface area contributed by atoms with Gasteiger partial charge in [0.25, 0.3) is 10.1 Å². The highest BCUT2D eigenvalue weighted by Crippen LogP contribution is 2.14. The van der Waals surface area contributed by atoms with Gasteiger partial charge in [-0.15, -0.1) is 0 Å². The van der Waals surface area contributed by atoms with Crippen molar-refractivity contribution < 1.29 is 12.6 Å². The average molecular weight is 351 g/mol. The fourth-order valence-electron chi connectivity index (χ4n) is 1.03. The second kappa shape index (κ2) is 8.08. The fraction of sp³-hybridized carbons (Fsp3) is 0.182. The van der Waals surface area contributed by atoms with E-state index < -0.39 is 10.1 Å². The predicted octanol–water partition coefficient (Wildman–Crippen LogP) is 2.51. The first-order chi connectivity index (χ1) is 9.80. The van der Waals surface area contributed by atoms with Crippen LogP contribution in [0.15, 0.2) is 30.3 Å². The standard InChI is InChI=1S/C9H6Cl2N4.C2H6O3S/c10-7-13-8(11)15-9(14-7)12-6-4-2-1-3-5-6;1-5-6(2,3)4/h1-5H,(H,12,13,14,15);1-2H3. The Bertz CT molecular complexity index is 663. The maximum atomic E-state index is 9.78. The first kappa shape index (κ1) is 17.6. The molecular formula is C11H12Cl2N4O3S. The zero-order chi connectivity index (χ0) is 15.9. The second-order valence-electron chi connectivity index (χ2n) is 3.56. The summed E-state index contributed by atoms with van der Waals surface area (Å²) in [7, 11) is -2.04. The van der Waals surface area contributed by atoms with Gasteiger partial charge in [-0.1, -0.05) is 18.2 Å². The van der Waals surface area contributed by atoms with Gasteiger partial charge in [0.15, 0.2) is 0 Å². The number of aromatic nitrogens is 3. The third-order valence-electron chi connectivity index (χ3n) is 1.91. The fourth-order valence-corrected chi connectivity index (χ4v) is 1.40. The molecule has 0 unspecified atom stereocenters. The molecule has 0 amide bonds. The Kier molecular flexibility index (Phi) is 6.76. The smallest absolute Gasteiger partial charge is 0.264 e. The molecule has 0 radical (unpaired) electrons. The van der Waals surface area contributed by atoms with E-state index in [4.69, 9.17) is 23.2 Å². The van der Waals surface area contributed by atoms with Crippen molar-refractivity contribution >= 4 is 45.0 Å². The van der Waals surface area contributed by atoms with Crippen molar-refractivity contribution in [3.8, 4) is 0 Å². The lowest BCUT2D eigenvalue weighted by molar-refractivity contribution is 0.403. The second-order valence-corrected chi connectivity index (χ2v) is 5.98. The zero-order valence-electron chi connectivity index (χ0n) is 11.1. The molecule has 0 aliphatic rings. The molecule has 0 fully saturated rings. The highest BCUT2D eigenvalue weighted by Gasteiger charge is 2.02. The molecule has 0 spiro atoms. The molecule has 0 aliphatic heterocycles. The van der Waals surface area contributed by atoms with E-state index >= 15 is 0 Å². The Morgan fingerprint density at radius 2 is 1.52 bits per heavy atom. The van der Waals surface area contributed by atoms with Crippen LogP contribution in [0.4, 0.5) is 11.6 Å². The summed E-state index contributed by atoms with van der Waals surface area (Å²) in [5.41, 5.74) is 0.857. The van der Waals surface area contributed by atoms with E-state index in [1.54, 1.807) is 0 Å². The van der Waals surface area contributed by atoms with Gasteiger partial charge < -0.3 is 5.32 Å². The van der Waals surface area contributed by atoms with Gasteiger partial charge in [0.2, 0.25) is 16.5 Å². The predicted molar refractivity (Wildman–Crippen MR) is 81.4 cm³/mol. The van der Waals surface area contributed by atoms with E-state index in [2.05, 4.69) is 24.5 Å². The monoisotopic (exact) mass is 350 g/mol. The Hall–Kier alpha value is -1.48. The largest absolute Gasteiger partial charge is 0.324 e. The van der Waals surface area contributed by atoms with Gasteiger partial charge in [0.05, 0.1) is 13.4 Å². The molecule has 21 heavy (non-hydrogen) atoms. The van der Waals surface area contributed by atoms with Crippen LogP contribution in [-0.4, -0.2) is 36.7 Å². The van der Waals surface area contributed by atoms with Crippen molar-refractivity contribution in [2.75, 3.05) is 18.7 Å². The Labute approximate surface area is 132 Å². The summed E-state index contributed by atoms with van der Waals surface area (Å²) < 4.78 is 23.5. The van der Waals surface area contributed by atoms with Crippen LogP contribution in [0.25, 0.3) is 0 Å². The van der Waals surface area contributed by atoms with Crippen molar-refractivity contribution in [2.45, 2.75) is 0 Å². The van der Waals surface area contributed by atoms with Crippen LogP contribution >= 0.6 is 23.2 Å². The van der Waals surface area contributed by atoms with Crippen LogP contribution in [0.2, 0.25) is 10.6 Å². The number of rotatable bonds is 3. The average Bonchev–Trinajstić information content (AvgIpc) is 2.38. The molecular weight excluding hydrogens is 339 g/mol. The topological polar surface area (TPSA) is 94.1 Å². The summed E-state index contributed by atoms with van der Waals surface area (Å²) in [5, 5.41) is 3.08. The van der Waals surface area contributed by atoms with Crippen LogP contribution in [0.1, 0.15) is 0 Å². The molecule has 0 aliphatic carbocycles. The van der Waals surface area contributed by atoms with Crippen molar-refractivity contribution in [3.63, 3.8) is 0 Å². The van der Waals surface area contributed by atoms with E-state index in [-0.39, 0.29) is 10.6 Å². The van der Waals surface area contributed by atoms with Gasteiger partial charge in [-0.25, -0.2) is 0 Å². The molecule has 2 aromatic rings. The summed E-state index contributed by atoms with van der Waals surface area (Å²) in [6, 6.07) is 9.47. The van der Waals surface area contributed by atoms with Gasteiger partial charge in [0, 0.05) is 5.69 Å². The highest BCUT2D eigenvalue weighted by molar-refractivity contribution is 7.85. The molecule has 7 nitrogen and oxygen atoms in total. The van der Waals surface area contributed by atoms with Gasteiger partial charge in [0.1, 0.15) is 0 Å². The van der Waals surface area contributed by atoms with Crippen LogP contribution in [0.5, 0.6) is 0 Å². The molecule has 10 heteroatoms. The van der Waals surface area contributed by atoms with Crippen LogP contribution in [0.3, 0.4) is 0 Å². The molecule has 0 saturated carbocycles. The van der Waals surface area contributed by atoms with Crippen molar-refractivity contribution in [2.24, 2.45) is 0 Å². The molecule has 2 rings (SSSR count). The van der Waals surface area contributed by atoms with Crippen LogP contribution in [-0.2, 0) is 14.3 Å². The minimum absolute atomic E-state index is 0.0634. The number of para-hydroxylation sites is 1. The van der Waals surface area contributed by atoms with Crippen molar-refractivity contribution in [3.05, 3.63) is 40.9 Å². The maximum Gasteiger partial charge on any atom is 0.264 e. The quantitative estimate of drug-likeness (QED) is 0.849. The first-order valence-electron chi connectivity index (χ1n) is 5.45. The SMILES string of the molecule is COS(C)(=O)=O.Clc1nc(Cl)nc(Nc2ccccc2)n1. The molecule has 1 N–H and O–H groups in total. The van der Waals surface area contributed by atoms with Crippen LogP contribution < -0.4 is 5.32 Å². The summed E-state index contributed by atoms with van der Waals surface area (Å²) in [6.07, 6.45) is 0.993. The molecule has 114 valence electrons. The van der Waals surface area contributed by atoms with E-state index in [1.165, 1.54) is 0 Å². The Balaban J connectivity index is 0.000000315. The Morgan fingerprint density at radius 3 is 1.95 bits per heavy atom. The molecule has 1 aromatic heterocycles. The van der Waals surface area contributed by atoms with E-state index in [1.807, 2.05) is 30.3 Å². The van der Waals surface area contributed by atoms with E-state index in [0.29, 0.717) is 5.95 Å². The molecule has 0 saturated heterocycles. The Morgan fingerprint density at radius 1 is 1.05 bits per heavy atom. The minimum Gasteiger partial charge on any atom is -0.324 e. The maximum absolute atomic E-state index is 9.78. The zero-order valence-corrected chi connectivity index (χ0v) is 13.4. The first-order valence-corrected chi connectivity index (χ1v) is 8.02. The summed E-state index contributed by atoms with van der Waals surface area (Å²) in [4.78, 5) is 11.4. The number of hydrogen-bond acceptors (Lipinski definition) is 7. The van der Waals surface area contributed by atoms with Crippen LogP contribution in [0, 0.1) is 0 Å². The number of anilines is 2. The molecule has 1 heterocycles. The van der Waals surface area contributed by atoms with Gasteiger partial charge >= 0.3 is 0 Å². The summed E-state index contributed by atoms with van der Waals surface area (Å²) >= 11 is 11.3. The lowest BCUT2D eigenvalue weighted by Crippen LogP contribution is -1.98. The van der Waals surface area contributed by atoms with E-state index in [0.717, 1.165) is 19.1 Å². The lowest BCUT2D eigenvalue weighted by atomic mass is 10.3. The summed E-state index contributed by atoms with van der Waals surface area (Å²) in [5.74, 6) is 0.325. The van der Waals surface area contributed by atoms with Gasteiger partial charge in [-0.3, -0.25) is 4.18 Å². The lowest BCUT2D eigenvalue weighted by Gasteiger charge is -2.03. The van der Waals surface area contributed by atoms with Gasteiger partial charge in [-0.2, -0.15) is 23.4 Å². The number of benzene rings is 1. The molecule has 0 atom stereocenters. The summed E-state index contributed by atoms with van der Waals surface area (Å²) in [6.45, 7) is 0. The normalized spacial score (nSPS) is 10.5. The van der Waals surface area contributed by atoms with Gasteiger partial charge in [-0.05, 0) is 35.3 Å². The molecule has 0 bridgehead atoms. The van der Waals surface area contributed by atoms with Crippen molar-refractivity contribution in [1.82, 2.24) is 15.0 Å². The minimum atomic E-state index is -3.16. The number of hydrogen-bond donors (Lipinski definition) is 1. The van der Waals surface area contributed by atoms with Crippen molar-refractivity contribution in [1.29, 1.82) is 0 Å². The number of halogens is 2. The third kappa shape index (κ3) is 7.76.